The molecule has 176 valence electrons. The molecule has 0 spiro atoms. The Bertz CT molecular complexity index is 1110. The van der Waals surface area contributed by atoms with Gasteiger partial charge in [0, 0.05) is 30.0 Å². The molecule has 1 saturated heterocycles. The first-order valence-corrected chi connectivity index (χ1v) is 12.2. The number of hydrogen-bond donors (Lipinski definition) is 2. The number of nitrogens with zero attached hydrogens (tertiary/aromatic N) is 2. The van der Waals surface area contributed by atoms with Crippen molar-refractivity contribution in [3.63, 3.8) is 0 Å². The number of benzene rings is 2. The van der Waals surface area contributed by atoms with Crippen molar-refractivity contribution in [3.05, 3.63) is 84.3 Å². The summed E-state index contributed by atoms with van der Waals surface area (Å²) in [6.45, 7) is 1.91. The molecule has 2 amide bonds. The third-order valence-electron chi connectivity index (χ3n) is 7.16. The fourth-order valence-electron chi connectivity index (χ4n) is 5.23. The van der Waals surface area contributed by atoms with Crippen molar-refractivity contribution >= 4 is 11.7 Å². The number of hydrogen-bond acceptors (Lipinski definition) is 3. The Kier molecular flexibility index (Phi) is 6.59. The first-order valence-electron chi connectivity index (χ1n) is 12.2. The molecular formula is C28H31FN4O. The van der Waals surface area contributed by atoms with Crippen LogP contribution in [0.15, 0.2) is 72.9 Å². The topological polar surface area (TPSA) is 57.3 Å². The summed E-state index contributed by atoms with van der Waals surface area (Å²) in [7, 11) is 0. The normalized spacial score (nSPS) is 19.4. The number of pyridine rings is 1. The second-order valence-corrected chi connectivity index (χ2v) is 9.61. The summed E-state index contributed by atoms with van der Waals surface area (Å²) >= 11 is 0. The maximum atomic E-state index is 13.3. The summed E-state index contributed by atoms with van der Waals surface area (Å²) in [5, 5.41) is 6.32. The molecule has 1 aromatic heterocycles. The first kappa shape index (κ1) is 22.5. The van der Waals surface area contributed by atoms with Crippen LogP contribution in [0.25, 0.3) is 11.3 Å². The van der Waals surface area contributed by atoms with Crippen LogP contribution < -0.4 is 10.6 Å². The molecule has 5 rings (SSSR count). The Morgan fingerprint density at radius 1 is 1.06 bits per heavy atom. The summed E-state index contributed by atoms with van der Waals surface area (Å²) in [5.41, 5.74) is 3.58. The van der Waals surface area contributed by atoms with Gasteiger partial charge in [-0.2, -0.15) is 0 Å². The van der Waals surface area contributed by atoms with Crippen LogP contribution in [0, 0.1) is 5.82 Å². The van der Waals surface area contributed by atoms with Crippen molar-refractivity contribution in [2.24, 2.45) is 0 Å². The summed E-state index contributed by atoms with van der Waals surface area (Å²) in [5.74, 6) is -0.193. The zero-order valence-electron chi connectivity index (χ0n) is 19.3. The minimum Gasteiger partial charge on any atom is -0.331 e. The number of anilines is 1. The van der Waals surface area contributed by atoms with Gasteiger partial charge in [-0.05, 0) is 87.0 Å². The molecule has 0 bridgehead atoms. The van der Waals surface area contributed by atoms with E-state index in [0.717, 1.165) is 68.6 Å². The van der Waals surface area contributed by atoms with E-state index in [1.165, 1.54) is 17.7 Å². The SMILES string of the molecule is O=C(Nc1cccc(-c2ccccn2)c1)NC1(CN2CCCC2Cc2ccc(F)cc2)CCC1. The van der Waals surface area contributed by atoms with Gasteiger partial charge in [0.1, 0.15) is 5.82 Å². The van der Waals surface area contributed by atoms with Crippen LogP contribution in [0.1, 0.15) is 37.7 Å². The molecule has 2 fully saturated rings. The Morgan fingerprint density at radius 2 is 1.91 bits per heavy atom. The molecule has 34 heavy (non-hydrogen) atoms. The lowest BCUT2D eigenvalue weighted by atomic mass is 9.76. The van der Waals surface area contributed by atoms with Gasteiger partial charge in [0.25, 0.3) is 0 Å². The Hall–Kier alpha value is -3.25. The maximum absolute atomic E-state index is 13.3. The van der Waals surface area contributed by atoms with Crippen molar-refractivity contribution in [3.8, 4) is 11.3 Å². The molecule has 6 heteroatoms. The Labute approximate surface area is 200 Å². The zero-order valence-corrected chi connectivity index (χ0v) is 19.3. The van der Waals surface area contributed by atoms with Crippen LogP contribution in [0.5, 0.6) is 0 Å². The van der Waals surface area contributed by atoms with Crippen LogP contribution in [-0.2, 0) is 6.42 Å². The largest absolute Gasteiger partial charge is 0.331 e. The summed E-state index contributed by atoms with van der Waals surface area (Å²) in [6.07, 6.45) is 8.11. The molecule has 2 N–H and O–H groups in total. The quantitative estimate of drug-likeness (QED) is 0.482. The van der Waals surface area contributed by atoms with Gasteiger partial charge in [-0.3, -0.25) is 9.88 Å². The molecule has 1 aliphatic carbocycles. The fraction of sp³-hybridized carbons (Fsp3) is 0.357. The van der Waals surface area contributed by atoms with Crippen molar-refractivity contribution in [1.82, 2.24) is 15.2 Å². The number of aromatic nitrogens is 1. The minimum absolute atomic E-state index is 0.160. The molecule has 2 heterocycles. The van der Waals surface area contributed by atoms with Gasteiger partial charge in [0.05, 0.1) is 11.2 Å². The molecular weight excluding hydrogens is 427 g/mol. The van der Waals surface area contributed by atoms with Gasteiger partial charge >= 0.3 is 6.03 Å². The van der Waals surface area contributed by atoms with Crippen molar-refractivity contribution in [1.29, 1.82) is 0 Å². The van der Waals surface area contributed by atoms with E-state index in [4.69, 9.17) is 0 Å². The number of nitrogens with one attached hydrogen (secondary N) is 2. The van der Waals surface area contributed by atoms with Crippen LogP contribution in [0.3, 0.4) is 0 Å². The Balaban J connectivity index is 1.21. The van der Waals surface area contributed by atoms with E-state index in [1.807, 2.05) is 54.6 Å². The second kappa shape index (κ2) is 9.94. The summed E-state index contributed by atoms with van der Waals surface area (Å²) in [6, 6.07) is 20.7. The van der Waals surface area contributed by atoms with E-state index in [1.54, 1.807) is 6.20 Å². The lowest BCUT2D eigenvalue weighted by Gasteiger charge is -2.46. The van der Waals surface area contributed by atoms with Crippen molar-refractivity contribution in [2.45, 2.75) is 50.1 Å². The average Bonchev–Trinajstić information content (AvgIpc) is 3.26. The maximum Gasteiger partial charge on any atom is 0.319 e. The fourth-order valence-corrected chi connectivity index (χ4v) is 5.23. The van der Waals surface area contributed by atoms with Crippen LogP contribution in [-0.4, -0.2) is 40.6 Å². The van der Waals surface area contributed by atoms with Crippen LogP contribution in [0.2, 0.25) is 0 Å². The number of rotatable bonds is 7. The molecule has 1 unspecified atom stereocenters. The molecule has 2 aliphatic rings. The number of amides is 2. The predicted molar refractivity (Wildman–Crippen MR) is 133 cm³/mol. The molecule has 1 saturated carbocycles. The van der Waals surface area contributed by atoms with E-state index in [0.29, 0.717) is 6.04 Å². The molecule has 5 nitrogen and oxygen atoms in total. The highest BCUT2D eigenvalue weighted by molar-refractivity contribution is 5.90. The first-order chi connectivity index (χ1) is 16.6. The van der Waals surface area contributed by atoms with Gasteiger partial charge < -0.3 is 10.6 Å². The Morgan fingerprint density at radius 3 is 2.65 bits per heavy atom. The lowest BCUT2D eigenvalue weighted by molar-refractivity contribution is 0.109. The van der Waals surface area contributed by atoms with Crippen LogP contribution in [0.4, 0.5) is 14.9 Å². The van der Waals surface area contributed by atoms with E-state index in [-0.39, 0.29) is 17.4 Å². The van der Waals surface area contributed by atoms with Gasteiger partial charge in [-0.15, -0.1) is 0 Å². The predicted octanol–water partition coefficient (Wildman–Crippen LogP) is 5.64. The second-order valence-electron chi connectivity index (χ2n) is 9.61. The average molecular weight is 459 g/mol. The zero-order chi connectivity index (χ0) is 23.4. The van der Waals surface area contributed by atoms with Gasteiger partial charge in [-0.25, -0.2) is 9.18 Å². The van der Waals surface area contributed by atoms with Crippen molar-refractivity contribution < 1.29 is 9.18 Å². The number of halogens is 1. The van der Waals surface area contributed by atoms with E-state index in [9.17, 15) is 9.18 Å². The standard InChI is InChI=1S/C28H31FN4O/c29-23-12-10-21(11-13-23)18-25-8-4-17-33(25)20-28(14-5-15-28)32-27(34)31-24-7-3-6-22(19-24)26-9-1-2-16-30-26/h1-3,6-7,9-13,16,19,25H,4-5,8,14-15,17-18,20H2,(H2,31,32,34). The highest BCUT2D eigenvalue weighted by Gasteiger charge is 2.42. The highest BCUT2D eigenvalue weighted by Crippen LogP contribution is 2.35. The third kappa shape index (κ3) is 5.28. The highest BCUT2D eigenvalue weighted by atomic mass is 19.1. The monoisotopic (exact) mass is 458 g/mol. The van der Waals surface area contributed by atoms with Gasteiger partial charge in [-0.1, -0.05) is 30.3 Å². The minimum atomic E-state index is -0.193. The smallest absolute Gasteiger partial charge is 0.319 e. The van der Waals surface area contributed by atoms with E-state index in [2.05, 4.69) is 20.5 Å². The lowest BCUT2D eigenvalue weighted by Crippen LogP contribution is -2.61. The number of likely N-dealkylation sites (tertiary alicyclic amines) is 1. The number of carbonyl (C=O) groups excluding carboxylic acids is 1. The summed E-state index contributed by atoms with van der Waals surface area (Å²) < 4.78 is 13.3. The third-order valence-corrected chi connectivity index (χ3v) is 7.16. The van der Waals surface area contributed by atoms with Gasteiger partial charge in [0.15, 0.2) is 0 Å². The molecule has 0 radical (unpaired) electrons. The van der Waals surface area contributed by atoms with Crippen molar-refractivity contribution in [2.75, 3.05) is 18.4 Å². The molecule has 1 aliphatic heterocycles. The molecule has 1 atom stereocenters. The number of urea groups is 1. The summed E-state index contributed by atoms with van der Waals surface area (Å²) in [4.78, 5) is 19.9. The van der Waals surface area contributed by atoms with E-state index < -0.39 is 0 Å². The van der Waals surface area contributed by atoms with Crippen LogP contribution >= 0.6 is 0 Å². The molecule has 3 aromatic rings. The van der Waals surface area contributed by atoms with E-state index >= 15 is 0 Å². The van der Waals surface area contributed by atoms with Gasteiger partial charge in [0.2, 0.25) is 0 Å². The number of carbonyl (C=O) groups is 1. The molecule has 2 aromatic carbocycles.